The number of hydrogen-bond acceptors (Lipinski definition) is 8. The van der Waals surface area contributed by atoms with Gasteiger partial charge in [0, 0.05) is 0 Å². The molecule has 1 aliphatic rings. The third-order valence-corrected chi connectivity index (χ3v) is 6.45. The zero-order chi connectivity index (χ0) is 24.4. The molecule has 1 aromatic heterocycles. The fourth-order valence-corrected chi connectivity index (χ4v) is 4.86. The SMILES string of the molecule is COC(=O)C1=C(C)N=c2sc(=Cc3cccc(OC)c3)c(=O)n2C1c1ccc(C(=O)OC)cc1. The van der Waals surface area contributed by atoms with Crippen LogP contribution in [0.15, 0.2) is 69.6 Å². The van der Waals surface area contributed by atoms with Crippen LogP contribution in [0, 0.1) is 0 Å². The summed E-state index contributed by atoms with van der Waals surface area (Å²) in [5.41, 5.74) is 2.22. The summed E-state index contributed by atoms with van der Waals surface area (Å²) in [5.74, 6) is -0.382. The van der Waals surface area contributed by atoms with Crippen molar-refractivity contribution in [2.45, 2.75) is 13.0 Å². The Balaban J connectivity index is 1.92. The monoisotopic (exact) mass is 478 g/mol. The van der Waals surface area contributed by atoms with Crippen LogP contribution in [0.25, 0.3) is 6.08 Å². The van der Waals surface area contributed by atoms with Crippen LogP contribution in [-0.2, 0) is 14.3 Å². The van der Waals surface area contributed by atoms with Crippen LogP contribution in [0.2, 0.25) is 0 Å². The zero-order valence-electron chi connectivity index (χ0n) is 19.0. The molecule has 0 saturated heterocycles. The first-order chi connectivity index (χ1) is 16.4. The highest BCUT2D eigenvalue weighted by atomic mass is 32.1. The highest BCUT2D eigenvalue weighted by Crippen LogP contribution is 2.30. The fraction of sp³-hybridized carbons (Fsp3) is 0.200. The number of fused-ring (bicyclic) bond motifs is 1. The van der Waals surface area contributed by atoms with Crippen LogP contribution in [0.5, 0.6) is 5.75 Å². The average molecular weight is 479 g/mol. The van der Waals surface area contributed by atoms with E-state index in [1.54, 1.807) is 44.4 Å². The molecular formula is C25H22N2O6S. The number of hydrogen-bond donors (Lipinski definition) is 0. The van der Waals surface area contributed by atoms with Gasteiger partial charge in [0.1, 0.15) is 5.75 Å². The second kappa shape index (κ2) is 9.48. The molecule has 0 spiro atoms. The van der Waals surface area contributed by atoms with Crippen molar-refractivity contribution in [3.05, 3.63) is 96.2 Å². The lowest BCUT2D eigenvalue weighted by atomic mass is 9.95. The summed E-state index contributed by atoms with van der Waals surface area (Å²) in [6, 6.07) is 13.2. The molecule has 8 nitrogen and oxygen atoms in total. The lowest BCUT2D eigenvalue weighted by molar-refractivity contribution is -0.136. The molecule has 174 valence electrons. The molecule has 1 unspecified atom stereocenters. The van der Waals surface area contributed by atoms with Gasteiger partial charge in [0.2, 0.25) is 0 Å². The van der Waals surface area contributed by atoms with Gasteiger partial charge in [0.15, 0.2) is 4.80 Å². The molecule has 0 radical (unpaired) electrons. The highest BCUT2D eigenvalue weighted by Gasteiger charge is 2.33. The Morgan fingerprint density at radius 2 is 1.74 bits per heavy atom. The summed E-state index contributed by atoms with van der Waals surface area (Å²) in [7, 11) is 4.17. The van der Waals surface area contributed by atoms with E-state index in [2.05, 4.69) is 4.99 Å². The molecule has 0 amide bonds. The molecule has 2 aromatic carbocycles. The van der Waals surface area contributed by atoms with Gasteiger partial charge in [-0.3, -0.25) is 9.36 Å². The normalized spacial score (nSPS) is 15.4. The number of methoxy groups -OCH3 is 3. The number of carbonyl (C=O) groups excluding carboxylic acids is 2. The van der Waals surface area contributed by atoms with E-state index >= 15 is 0 Å². The molecule has 0 saturated carbocycles. The molecule has 34 heavy (non-hydrogen) atoms. The molecule has 4 rings (SSSR count). The molecule has 0 aliphatic carbocycles. The topological polar surface area (TPSA) is 96.2 Å². The maximum Gasteiger partial charge on any atom is 0.338 e. The van der Waals surface area contributed by atoms with Gasteiger partial charge in [0.25, 0.3) is 5.56 Å². The number of ether oxygens (including phenoxy) is 3. The smallest absolute Gasteiger partial charge is 0.338 e. The van der Waals surface area contributed by atoms with Crippen molar-refractivity contribution in [1.82, 2.24) is 4.57 Å². The van der Waals surface area contributed by atoms with Crippen molar-refractivity contribution >= 4 is 29.4 Å². The van der Waals surface area contributed by atoms with Crippen molar-refractivity contribution in [2.75, 3.05) is 21.3 Å². The standard InChI is InChI=1S/C25H22N2O6S/c1-14-20(24(30)33-4)21(16-8-10-17(11-9-16)23(29)32-3)27-22(28)19(34-25(27)26-14)13-15-6-5-7-18(12-15)31-2/h5-13,21H,1-4H3. The molecule has 2 heterocycles. The quantitative estimate of drug-likeness (QED) is 0.522. The summed E-state index contributed by atoms with van der Waals surface area (Å²) in [4.78, 5) is 43.1. The number of rotatable bonds is 5. The first-order valence-electron chi connectivity index (χ1n) is 10.3. The first-order valence-corrected chi connectivity index (χ1v) is 11.1. The molecule has 0 fully saturated rings. The number of allylic oxidation sites excluding steroid dienone is 1. The Morgan fingerprint density at radius 3 is 2.38 bits per heavy atom. The Hall–Kier alpha value is -3.98. The lowest BCUT2D eigenvalue weighted by Crippen LogP contribution is -2.39. The van der Waals surface area contributed by atoms with Crippen LogP contribution < -0.4 is 19.6 Å². The molecule has 0 N–H and O–H groups in total. The summed E-state index contributed by atoms with van der Waals surface area (Å²) < 4.78 is 17.0. The van der Waals surface area contributed by atoms with E-state index in [-0.39, 0.29) is 11.1 Å². The van der Waals surface area contributed by atoms with E-state index in [0.717, 1.165) is 5.56 Å². The van der Waals surface area contributed by atoms with Crippen molar-refractivity contribution in [2.24, 2.45) is 4.99 Å². The van der Waals surface area contributed by atoms with Crippen LogP contribution >= 0.6 is 11.3 Å². The maximum absolute atomic E-state index is 13.5. The van der Waals surface area contributed by atoms with Gasteiger partial charge in [-0.15, -0.1) is 0 Å². The summed E-state index contributed by atoms with van der Waals surface area (Å²) in [6.07, 6.45) is 1.76. The van der Waals surface area contributed by atoms with E-state index in [1.165, 1.54) is 30.1 Å². The Labute approximate surface area is 199 Å². The summed E-state index contributed by atoms with van der Waals surface area (Å²) in [5, 5.41) is 0. The van der Waals surface area contributed by atoms with Gasteiger partial charge in [-0.1, -0.05) is 35.6 Å². The van der Waals surface area contributed by atoms with Gasteiger partial charge in [-0.2, -0.15) is 0 Å². The molecule has 1 aliphatic heterocycles. The minimum Gasteiger partial charge on any atom is -0.497 e. The largest absolute Gasteiger partial charge is 0.497 e. The van der Waals surface area contributed by atoms with Gasteiger partial charge < -0.3 is 14.2 Å². The molecule has 0 bridgehead atoms. The molecule has 1 atom stereocenters. The van der Waals surface area contributed by atoms with E-state index in [1.807, 2.05) is 24.3 Å². The van der Waals surface area contributed by atoms with Crippen LogP contribution in [0.1, 0.15) is 34.5 Å². The molecular weight excluding hydrogens is 456 g/mol. The van der Waals surface area contributed by atoms with Crippen LogP contribution in [0.4, 0.5) is 0 Å². The Morgan fingerprint density at radius 1 is 1.03 bits per heavy atom. The first kappa shape index (κ1) is 23.2. The van der Waals surface area contributed by atoms with E-state index < -0.39 is 18.0 Å². The van der Waals surface area contributed by atoms with Crippen molar-refractivity contribution in [1.29, 1.82) is 0 Å². The number of aromatic nitrogens is 1. The van der Waals surface area contributed by atoms with Crippen LogP contribution in [0.3, 0.4) is 0 Å². The van der Waals surface area contributed by atoms with Crippen molar-refractivity contribution < 1.29 is 23.8 Å². The Kier molecular flexibility index (Phi) is 6.47. The number of benzene rings is 2. The van der Waals surface area contributed by atoms with E-state index in [0.29, 0.717) is 31.9 Å². The van der Waals surface area contributed by atoms with Crippen LogP contribution in [-0.4, -0.2) is 37.8 Å². The number of esters is 2. The number of carbonyl (C=O) groups is 2. The zero-order valence-corrected chi connectivity index (χ0v) is 19.8. The molecule has 3 aromatic rings. The predicted octanol–water partition coefficient (Wildman–Crippen LogP) is 2.20. The third kappa shape index (κ3) is 4.17. The second-order valence-corrected chi connectivity index (χ2v) is 8.47. The van der Waals surface area contributed by atoms with Gasteiger partial charge in [-0.05, 0) is 48.4 Å². The minimum atomic E-state index is -0.761. The van der Waals surface area contributed by atoms with Gasteiger partial charge in [0.05, 0.1) is 48.7 Å². The number of thiazole rings is 1. The lowest BCUT2D eigenvalue weighted by Gasteiger charge is -2.24. The second-order valence-electron chi connectivity index (χ2n) is 7.46. The number of nitrogens with zero attached hydrogens (tertiary/aromatic N) is 2. The maximum atomic E-state index is 13.5. The average Bonchev–Trinajstić information content (AvgIpc) is 3.16. The van der Waals surface area contributed by atoms with E-state index in [4.69, 9.17) is 14.2 Å². The van der Waals surface area contributed by atoms with Gasteiger partial charge >= 0.3 is 11.9 Å². The van der Waals surface area contributed by atoms with Gasteiger partial charge in [-0.25, -0.2) is 14.6 Å². The minimum absolute atomic E-state index is 0.258. The van der Waals surface area contributed by atoms with E-state index in [9.17, 15) is 14.4 Å². The van der Waals surface area contributed by atoms with Crippen molar-refractivity contribution in [3.8, 4) is 5.75 Å². The summed E-state index contributed by atoms with van der Waals surface area (Å²) in [6.45, 7) is 1.71. The predicted molar refractivity (Wildman–Crippen MR) is 127 cm³/mol. The summed E-state index contributed by atoms with van der Waals surface area (Å²) >= 11 is 1.23. The highest BCUT2D eigenvalue weighted by molar-refractivity contribution is 7.07. The Bertz CT molecular complexity index is 1480. The molecule has 9 heteroatoms. The third-order valence-electron chi connectivity index (χ3n) is 5.47. The van der Waals surface area contributed by atoms with Crippen molar-refractivity contribution in [3.63, 3.8) is 0 Å². The fourth-order valence-electron chi connectivity index (χ4n) is 3.81.